The highest BCUT2D eigenvalue weighted by atomic mass is 32.2. The number of ether oxygens (including phenoxy) is 2. The Labute approximate surface area is 207 Å². The summed E-state index contributed by atoms with van der Waals surface area (Å²) in [4.78, 5) is 30.2. The number of aryl methyl sites for hydroxylation is 1. The number of carbonyl (C=O) groups is 2. The lowest BCUT2D eigenvalue weighted by molar-refractivity contribution is -0.121. The molecule has 1 fully saturated rings. The van der Waals surface area contributed by atoms with Crippen LogP contribution in [-0.2, 0) is 30.8 Å². The average molecular weight is 518 g/mol. The fraction of sp³-hybridized carbons (Fsp3) is 0.375. The first-order chi connectivity index (χ1) is 16.8. The SMILES string of the molecule is COCCn1c(=NC(=O)C2CCCN2S(=O)(=O)c2ccc(C)cc2)sc2cc(C(=O)OC)ccc21. The first kappa shape index (κ1) is 25.2. The minimum atomic E-state index is -3.83. The van der Waals surface area contributed by atoms with E-state index in [2.05, 4.69) is 4.99 Å². The monoisotopic (exact) mass is 517 g/mol. The molecule has 1 aromatic heterocycles. The molecule has 3 aromatic rings. The van der Waals surface area contributed by atoms with Crippen LogP contribution < -0.4 is 4.80 Å². The predicted octanol–water partition coefficient (Wildman–Crippen LogP) is 2.72. The van der Waals surface area contributed by atoms with Crippen molar-refractivity contribution in [2.45, 2.75) is 37.2 Å². The van der Waals surface area contributed by atoms with Crippen LogP contribution in [0.3, 0.4) is 0 Å². The zero-order valence-corrected chi connectivity index (χ0v) is 21.4. The maximum Gasteiger partial charge on any atom is 0.337 e. The largest absolute Gasteiger partial charge is 0.465 e. The number of thiazole rings is 1. The first-order valence-electron chi connectivity index (χ1n) is 11.1. The Balaban J connectivity index is 1.72. The summed E-state index contributed by atoms with van der Waals surface area (Å²) in [5.41, 5.74) is 2.14. The average Bonchev–Trinajstić information content (AvgIpc) is 3.47. The molecular weight excluding hydrogens is 490 g/mol. The zero-order valence-electron chi connectivity index (χ0n) is 19.8. The van der Waals surface area contributed by atoms with E-state index in [9.17, 15) is 18.0 Å². The van der Waals surface area contributed by atoms with Gasteiger partial charge in [-0.25, -0.2) is 13.2 Å². The molecule has 1 unspecified atom stereocenters. The second-order valence-electron chi connectivity index (χ2n) is 8.24. The van der Waals surface area contributed by atoms with Crippen molar-refractivity contribution in [1.29, 1.82) is 0 Å². The van der Waals surface area contributed by atoms with Crippen LogP contribution in [0.2, 0.25) is 0 Å². The van der Waals surface area contributed by atoms with Crippen LogP contribution in [0, 0.1) is 6.92 Å². The van der Waals surface area contributed by atoms with Gasteiger partial charge in [0.2, 0.25) is 10.0 Å². The van der Waals surface area contributed by atoms with E-state index in [1.54, 1.807) is 49.6 Å². The normalized spacial score (nSPS) is 17.2. The van der Waals surface area contributed by atoms with Crippen molar-refractivity contribution in [1.82, 2.24) is 8.87 Å². The highest BCUT2D eigenvalue weighted by molar-refractivity contribution is 7.89. The maximum atomic E-state index is 13.3. The minimum absolute atomic E-state index is 0.162. The highest BCUT2D eigenvalue weighted by Crippen LogP contribution is 2.27. The topological polar surface area (TPSA) is 107 Å². The van der Waals surface area contributed by atoms with Crippen LogP contribution >= 0.6 is 11.3 Å². The molecule has 9 nitrogen and oxygen atoms in total. The second-order valence-corrected chi connectivity index (χ2v) is 11.1. The van der Waals surface area contributed by atoms with Gasteiger partial charge in [-0.3, -0.25) is 4.79 Å². The molecule has 2 aromatic carbocycles. The van der Waals surface area contributed by atoms with Gasteiger partial charge in [0.15, 0.2) is 4.80 Å². The van der Waals surface area contributed by atoms with Gasteiger partial charge in [-0.2, -0.15) is 9.30 Å². The summed E-state index contributed by atoms with van der Waals surface area (Å²) < 4.78 is 40.4. The number of amides is 1. The van der Waals surface area contributed by atoms with Gasteiger partial charge in [0.1, 0.15) is 6.04 Å². The molecular formula is C24H27N3O6S2. The number of hydrogen-bond acceptors (Lipinski definition) is 7. The van der Waals surface area contributed by atoms with Crippen molar-refractivity contribution >= 4 is 43.5 Å². The molecule has 1 saturated heterocycles. The first-order valence-corrected chi connectivity index (χ1v) is 13.4. The molecule has 0 saturated carbocycles. The molecule has 2 heterocycles. The van der Waals surface area contributed by atoms with Gasteiger partial charge >= 0.3 is 5.97 Å². The Hall–Kier alpha value is -2.86. The molecule has 0 spiro atoms. The van der Waals surface area contributed by atoms with Crippen molar-refractivity contribution < 1.29 is 27.5 Å². The van der Waals surface area contributed by atoms with Crippen LogP contribution in [0.25, 0.3) is 10.2 Å². The van der Waals surface area contributed by atoms with Gasteiger partial charge in [0.25, 0.3) is 5.91 Å². The van der Waals surface area contributed by atoms with E-state index in [0.717, 1.165) is 15.8 Å². The number of aromatic nitrogens is 1. The van der Waals surface area contributed by atoms with Crippen LogP contribution in [0.15, 0.2) is 52.4 Å². The molecule has 1 aliphatic heterocycles. The van der Waals surface area contributed by atoms with E-state index in [4.69, 9.17) is 9.47 Å². The number of nitrogens with zero attached hydrogens (tertiary/aromatic N) is 3. The molecule has 0 radical (unpaired) electrons. The van der Waals surface area contributed by atoms with Crippen LogP contribution in [-0.4, -0.2) is 62.6 Å². The van der Waals surface area contributed by atoms with Crippen molar-refractivity contribution in [3.05, 3.63) is 58.4 Å². The fourth-order valence-corrected chi connectivity index (χ4v) is 6.84. The van der Waals surface area contributed by atoms with Gasteiger partial charge in [-0.1, -0.05) is 29.0 Å². The number of methoxy groups -OCH3 is 2. The summed E-state index contributed by atoms with van der Waals surface area (Å²) in [5.74, 6) is -0.967. The number of fused-ring (bicyclic) bond motifs is 1. The van der Waals surface area contributed by atoms with E-state index in [-0.39, 0.29) is 11.4 Å². The summed E-state index contributed by atoms with van der Waals surface area (Å²) in [6.07, 6.45) is 0.985. The third-order valence-electron chi connectivity index (χ3n) is 5.95. The Morgan fingerprint density at radius 3 is 2.57 bits per heavy atom. The molecule has 186 valence electrons. The molecule has 4 rings (SSSR count). The molecule has 1 aliphatic rings. The van der Waals surface area contributed by atoms with E-state index in [0.29, 0.717) is 36.4 Å². The van der Waals surface area contributed by atoms with Gasteiger partial charge in [0.05, 0.1) is 34.4 Å². The van der Waals surface area contributed by atoms with Crippen LogP contribution in [0.4, 0.5) is 0 Å². The van der Waals surface area contributed by atoms with E-state index < -0.39 is 27.9 Å². The number of rotatable bonds is 7. The number of sulfonamides is 1. The molecule has 0 aliphatic carbocycles. The molecule has 1 amide bonds. The van der Waals surface area contributed by atoms with Crippen molar-refractivity contribution in [3.63, 3.8) is 0 Å². The van der Waals surface area contributed by atoms with E-state index in [1.807, 2.05) is 11.5 Å². The molecule has 0 N–H and O–H groups in total. The maximum absolute atomic E-state index is 13.3. The zero-order chi connectivity index (χ0) is 25.2. The Kier molecular flexibility index (Phi) is 7.50. The molecule has 11 heteroatoms. The summed E-state index contributed by atoms with van der Waals surface area (Å²) in [7, 11) is -0.932. The van der Waals surface area contributed by atoms with Crippen molar-refractivity contribution in [2.75, 3.05) is 27.4 Å². The van der Waals surface area contributed by atoms with Gasteiger partial charge in [-0.15, -0.1) is 0 Å². The van der Waals surface area contributed by atoms with Crippen molar-refractivity contribution in [3.8, 4) is 0 Å². The number of benzene rings is 2. The van der Waals surface area contributed by atoms with Gasteiger partial charge < -0.3 is 14.0 Å². The van der Waals surface area contributed by atoms with Crippen LogP contribution in [0.1, 0.15) is 28.8 Å². The highest BCUT2D eigenvalue weighted by Gasteiger charge is 2.39. The lowest BCUT2D eigenvalue weighted by Crippen LogP contribution is -2.40. The summed E-state index contributed by atoms with van der Waals surface area (Å²) in [5, 5.41) is 0. The Bertz CT molecular complexity index is 1420. The quantitative estimate of drug-likeness (QED) is 0.446. The number of esters is 1. The molecule has 1 atom stereocenters. The number of carbonyl (C=O) groups excluding carboxylic acids is 2. The molecule has 0 bridgehead atoms. The Morgan fingerprint density at radius 1 is 1.14 bits per heavy atom. The standard InChI is InChI=1S/C24H27N3O6S2/c1-16-6-9-18(10-7-16)35(30,31)27-12-4-5-20(27)22(28)25-24-26(13-14-32-2)19-11-8-17(23(29)33-3)15-21(19)34-24/h6-11,15,20H,4-5,12-14H2,1-3H3. The summed E-state index contributed by atoms with van der Waals surface area (Å²) in [6, 6.07) is 10.9. The molecule has 35 heavy (non-hydrogen) atoms. The third kappa shape index (κ3) is 5.08. The Morgan fingerprint density at radius 2 is 1.89 bits per heavy atom. The lowest BCUT2D eigenvalue weighted by Gasteiger charge is -2.21. The lowest BCUT2D eigenvalue weighted by atomic mass is 10.2. The fourth-order valence-electron chi connectivity index (χ4n) is 4.09. The van der Waals surface area contributed by atoms with Gasteiger partial charge in [0, 0.05) is 20.2 Å². The van der Waals surface area contributed by atoms with Crippen molar-refractivity contribution in [2.24, 2.45) is 4.99 Å². The van der Waals surface area contributed by atoms with E-state index >= 15 is 0 Å². The minimum Gasteiger partial charge on any atom is -0.465 e. The van der Waals surface area contributed by atoms with Crippen LogP contribution in [0.5, 0.6) is 0 Å². The second kappa shape index (κ2) is 10.4. The third-order valence-corrected chi connectivity index (χ3v) is 8.91. The summed E-state index contributed by atoms with van der Waals surface area (Å²) in [6.45, 7) is 2.98. The smallest absolute Gasteiger partial charge is 0.337 e. The predicted molar refractivity (Wildman–Crippen MR) is 132 cm³/mol. The van der Waals surface area contributed by atoms with Gasteiger partial charge in [-0.05, 0) is 50.1 Å². The number of hydrogen-bond donors (Lipinski definition) is 0. The van der Waals surface area contributed by atoms with E-state index in [1.165, 1.54) is 22.8 Å². The summed E-state index contributed by atoms with van der Waals surface area (Å²) >= 11 is 1.25.